The highest BCUT2D eigenvalue weighted by molar-refractivity contribution is 7.87. The standard InChI is InChI=1S/C17H17ClFNO2S/c18-15-8-6-14(7-9-15)16-11-20(12-17(16)23(19,21)22)10-13-4-2-1-3-5-13/h1-9,16-17H,10-12H2. The van der Waals surface area contributed by atoms with Crippen molar-refractivity contribution in [2.45, 2.75) is 17.7 Å². The maximum absolute atomic E-state index is 13.7. The van der Waals surface area contributed by atoms with Crippen LogP contribution >= 0.6 is 11.6 Å². The van der Waals surface area contributed by atoms with E-state index >= 15 is 0 Å². The minimum atomic E-state index is -4.61. The molecule has 1 aliphatic heterocycles. The van der Waals surface area contributed by atoms with Gasteiger partial charge in [-0.15, -0.1) is 3.89 Å². The second-order valence-electron chi connectivity index (χ2n) is 5.85. The molecule has 0 saturated carbocycles. The van der Waals surface area contributed by atoms with Gasteiger partial charge in [0.25, 0.3) is 0 Å². The van der Waals surface area contributed by atoms with Crippen molar-refractivity contribution < 1.29 is 12.3 Å². The molecule has 1 saturated heterocycles. The van der Waals surface area contributed by atoms with Crippen LogP contribution in [-0.2, 0) is 16.8 Å². The van der Waals surface area contributed by atoms with Gasteiger partial charge in [0, 0.05) is 30.6 Å². The maximum Gasteiger partial charge on any atom is 0.307 e. The summed E-state index contributed by atoms with van der Waals surface area (Å²) in [7, 11) is -4.61. The summed E-state index contributed by atoms with van der Waals surface area (Å²) in [6.45, 7) is 1.31. The first kappa shape index (κ1) is 16.4. The molecule has 0 aliphatic carbocycles. The zero-order chi connectivity index (χ0) is 16.4. The number of hydrogen-bond donors (Lipinski definition) is 0. The van der Waals surface area contributed by atoms with Gasteiger partial charge in [-0.05, 0) is 23.3 Å². The lowest BCUT2D eigenvalue weighted by Crippen LogP contribution is -2.26. The van der Waals surface area contributed by atoms with Crippen LogP contribution in [0.1, 0.15) is 17.0 Å². The van der Waals surface area contributed by atoms with E-state index in [0.717, 1.165) is 11.1 Å². The van der Waals surface area contributed by atoms with Crippen molar-refractivity contribution in [3.8, 4) is 0 Å². The molecule has 3 nitrogen and oxygen atoms in total. The fourth-order valence-electron chi connectivity index (χ4n) is 3.14. The van der Waals surface area contributed by atoms with Crippen LogP contribution in [0, 0.1) is 0 Å². The number of nitrogens with zero attached hydrogens (tertiary/aromatic N) is 1. The maximum atomic E-state index is 13.7. The molecule has 0 radical (unpaired) electrons. The van der Waals surface area contributed by atoms with Crippen LogP contribution in [0.2, 0.25) is 5.02 Å². The average Bonchev–Trinajstić information content (AvgIpc) is 2.93. The highest BCUT2D eigenvalue weighted by atomic mass is 35.5. The summed E-state index contributed by atoms with van der Waals surface area (Å²) < 4.78 is 36.9. The van der Waals surface area contributed by atoms with Crippen molar-refractivity contribution in [3.05, 3.63) is 70.7 Å². The van der Waals surface area contributed by atoms with Crippen molar-refractivity contribution in [3.63, 3.8) is 0 Å². The van der Waals surface area contributed by atoms with E-state index in [0.29, 0.717) is 18.1 Å². The highest BCUT2D eigenvalue weighted by Gasteiger charge is 2.42. The van der Waals surface area contributed by atoms with E-state index < -0.39 is 15.5 Å². The number of hydrogen-bond acceptors (Lipinski definition) is 3. The van der Waals surface area contributed by atoms with E-state index in [4.69, 9.17) is 11.6 Å². The summed E-state index contributed by atoms with van der Waals surface area (Å²) in [5.41, 5.74) is 1.88. The van der Waals surface area contributed by atoms with Gasteiger partial charge in [0.15, 0.2) is 0 Å². The molecule has 3 rings (SSSR count). The van der Waals surface area contributed by atoms with E-state index in [2.05, 4.69) is 0 Å². The molecule has 0 N–H and O–H groups in total. The molecule has 2 aromatic rings. The largest absolute Gasteiger partial charge is 0.307 e. The first-order chi connectivity index (χ1) is 10.9. The van der Waals surface area contributed by atoms with E-state index in [1.165, 1.54) is 0 Å². The molecule has 122 valence electrons. The van der Waals surface area contributed by atoms with E-state index in [9.17, 15) is 12.3 Å². The van der Waals surface area contributed by atoms with Gasteiger partial charge in [0.05, 0.1) is 0 Å². The third-order valence-corrected chi connectivity index (χ3v) is 5.70. The summed E-state index contributed by atoms with van der Waals surface area (Å²) >= 11 is 5.88. The van der Waals surface area contributed by atoms with Crippen LogP contribution in [0.25, 0.3) is 0 Å². The SMILES string of the molecule is O=S(=O)(F)C1CN(Cc2ccccc2)CC1c1ccc(Cl)cc1. The van der Waals surface area contributed by atoms with Crippen LogP contribution in [0.3, 0.4) is 0 Å². The number of likely N-dealkylation sites (tertiary alicyclic amines) is 1. The molecular formula is C17H17ClFNO2S. The Balaban J connectivity index is 1.84. The van der Waals surface area contributed by atoms with Crippen molar-refractivity contribution in [1.29, 1.82) is 0 Å². The zero-order valence-electron chi connectivity index (χ0n) is 12.4. The quantitative estimate of drug-likeness (QED) is 0.788. The first-order valence-corrected chi connectivity index (χ1v) is 9.21. The van der Waals surface area contributed by atoms with Gasteiger partial charge in [-0.25, -0.2) is 0 Å². The Morgan fingerprint density at radius 2 is 1.70 bits per heavy atom. The molecule has 1 heterocycles. The van der Waals surface area contributed by atoms with Gasteiger partial charge < -0.3 is 0 Å². The third kappa shape index (κ3) is 3.91. The molecule has 23 heavy (non-hydrogen) atoms. The molecule has 1 aliphatic rings. The normalized spacial score (nSPS) is 22.3. The first-order valence-electron chi connectivity index (χ1n) is 7.39. The molecular weight excluding hydrogens is 337 g/mol. The second-order valence-corrected chi connectivity index (χ2v) is 7.84. The Morgan fingerprint density at radius 1 is 1.04 bits per heavy atom. The predicted molar refractivity (Wildman–Crippen MR) is 89.7 cm³/mol. The summed E-state index contributed by atoms with van der Waals surface area (Å²) in [5.74, 6) is -0.383. The molecule has 2 atom stereocenters. The summed E-state index contributed by atoms with van der Waals surface area (Å²) in [6, 6.07) is 16.7. The van der Waals surface area contributed by atoms with Crippen molar-refractivity contribution in [2.24, 2.45) is 0 Å². The van der Waals surface area contributed by atoms with Crippen molar-refractivity contribution in [2.75, 3.05) is 13.1 Å². The Kier molecular flexibility index (Phi) is 4.71. The lowest BCUT2D eigenvalue weighted by Gasteiger charge is -2.16. The van der Waals surface area contributed by atoms with Crippen LogP contribution in [-0.4, -0.2) is 31.7 Å². The topological polar surface area (TPSA) is 37.4 Å². The highest BCUT2D eigenvalue weighted by Crippen LogP contribution is 2.34. The number of benzene rings is 2. The van der Waals surface area contributed by atoms with Crippen molar-refractivity contribution >= 4 is 21.8 Å². The van der Waals surface area contributed by atoms with Crippen LogP contribution in [0.15, 0.2) is 54.6 Å². The lowest BCUT2D eigenvalue weighted by atomic mass is 9.98. The minimum absolute atomic E-state index is 0.195. The fourth-order valence-corrected chi connectivity index (χ4v) is 4.29. The van der Waals surface area contributed by atoms with Gasteiger partial charge in [-0.1, -0.05) is 54.1 Å². The summed E-state index contributed by atoms with van der Waals surface area (Å²) in [6.07, 6.45) is 0. The van der Waals surface area contributed by atoms with Gasteiger partial charge in [-0.2, -0.15) is 8.42 Å². The van der Waals surface area contributed by atoms with Gasteiger partial charge in [0.2, 0.25) is 0 Å². The monoisotopic (exact) mass is 353 g/mol. The molecule has 2 aromatic carbocycles. The van der Waals surface area contributed by atoms with Crippen LogP contribution < -0.4 is 0 Å². The Bertz CT molecular complexity index is 765. The van der Waals surface area contributed by atoms with E-state index in [1.807, 2.05) is 35.2 Å². The van der Waals surface area contributed by atoms with E-state index in [-0.39, 0.29) is 12.5 Å². The lowest BCUT2D eigenvalue weighted by molar-refractivity contribution is 0.326. The molecule has 0 spiro atoms. The average molecular weight is 354 g/mol. The summed E-state index contributed by atoms with van der Waals surface area (Å²) in [4.78, 5) is 1.98. The third-order valence-electron chi connectivity index (χ3n) is 4.25. The molecule has 1 fully saturated rings. The van der Waals surface area contributed by atoms with Gasteiger partial charge >= 0.3 is 10.2 Å². The minimum Gasteiger partial charge on any atom is -0.297 e. The zero-order valence-corrected chi connectivity index (χ0v) is 14.0. The molecule has 0 bridgehead atoms. The molecule has 2 unspecified atom stereocenters. The fraction of sp³-hybridized carbons (Fsp3) is 0.294. The summed E-state index contributed by atoms with van der Waals surface area (Å²) in [5, 5.41) is -0.458. The Hall–Kier alpha value is -1.43. The Morgan fingerprint density at radius 3 is 2.30 bits per heavy atom. The number of rotatable bonds is 4. The van der Waals surface area contributed by atoms with E-state index in [1.54, 1.807) is 24.3 Å². The van der Waals surface area contributed by atoms with Crippen LogP contribution in [0.4, 0.5) is 3.89 Å². The molecule has 0 aromatic heterocycles. The van der Waals surface area contributed by atoms with Crippen LogP contribution in [0.5, 0.6) is 0 Å². The van der Waals surface area contributed by atoms with Gasteiger partial charge in [0.1, 0.15) is 5.25 Å². The number of halogens is 2. The molecule has 0 amide bonds. The predicted octanol–water partition coefficient (Wildman–Crippen LogP) is 3.61. The smallest absolute Gasteiger partial charge is 0.297 e. The molecule has 6 heteroatoms. The van der Waals surface area contributed by atoms with Gasteiger partial charge in [-0.3, -0.25) is 4.90 Å². The second kappa shape index (κ2) is 6.59. The van der Waals surface area contributed by atoms with Crippen molar-refractivity contribution in [1.82, 2.24) is 4.90 Å². The Labute approximate surface area is 140 Å².